The van der Waals surface area contributed by atoms with Crippen LogP contribution in [0, 0.1) is 10.1 Å². The summed E-state index contributed by atoms with van der Waals surface area (Å²) in [5.41, 5.74) is 6.75. The lowest BCUT2D eigenvalue weighted by Gasteiger charge is -2.16. The van der Waals surface area contributed by atoms with Crippen LogP contribution in [0.1, 0.15) is 0 Å². The Balaban J connectivity index is 0.000000243. The van der Waals surface area contributed by atoms with Crippen LogP contribution in [-0.2, 0) is 0 Å². The third-order valence-electron chi connectivity index (χ3n) is 3.68. The number of benzene rings is 2. The van der Waals surface area contributed by atoms with Crippen LogP contribution in [0.5, 0.6) is 0 Å². The number of non-ortho nitro benzene ring substituents is 1. The number of rotatable bonds is 3. The van der Waals surface area contributed by atoms with E-state index in [4.69, 9.17) is 5.73 Å². The highest BCUT2D eigenvalue weighted by molar-refractivity contribution is 6.89. The van der Waals surface area contributed by atoms with Gasteiger partial charge in [-0.05, 0) is 12.1 Å². The van der Waals surface area contributed by atoms with Crippen LogP contribution in [-0.4, -0.2) is 21.1 Å². The topological polar surface area (TPSA) is 69.2 Å². The molecule has 24 heavy (non-hydrogen) atoms. The summed E-state index contributed by atoms with van der Waals surface area (Å²) in [6.07, 6.45) is 0. The molecule has 0 aromatic heterocycles. The summed E-state index contributed by atoms with van der Waals surface area (Å²) in [4.78, 5) is 10.2. The zero-order valence-electron chi connectivity index (χ0n) is 15.5. The van der Waals surface area contributed by atoms with Gasteiger partial charge in [0.25, 0.3) is 5.69 Å². The molecular formula is C18H28N2O2Si2. The van der Waals surface area contributed by atoms with E-state index in [1.165, 1.54) is 11.3 Å². The third-order valence-corrected chi connectivity index (χ3v) is 7.76. The molecule has 0 aliphatic carbocycles. The van der Waals surface area contributed by atoms with E-state index < -0.39 is 16.1 Å². The van der Waals surface area contributed by atoms with Crippen molar-refractivity contribution in [2.45, 2.75) is 39.3 Å². The van der Waals surface area contributed by atoms with Crippen LogP contribution in [0.3, 0.4) is 0 Å². The molecule has 0 saturated heterocycles. The molecular weight excluding hydrogens is 332 g/mol. The molecule has 0 bridgehead atoms. The average molecular weight is 361 g/mol. The first-order chi connectivity index (χ1) is 10.9. The number of nitro groups is 1. The molecule has 0 aliphatic heterocycles. The van der Waals surface area contributed by atoms with Gasteiger partial charge in [0.1, 0.15) is 0 Å². The molecule has 0 unspecified atom stereocenters. The van der Waals surface area contributed by atoms with E-state index >= 15 is 0 Å². The van der Waals surface area contributed by atoms with Gasteiger partial charge in [-0.25, -0.2) is 0 Å². The van der Waals surface area contributed by atoms with Crippen molar-refractivity contribution in [2.24, 2.45) is 0 Å². The predicted molar refractivity (Wildman–Crippen MR) is 110 cm³/mol. The van der Waals surface area contributed by atoms with Crippen LogP contribution >= 0.6 is 0 Å². The normalized spacial score (nSPS) is 11.4. The highest BCUT2D eigenvalue weighted by atomic mass is 28.3. The fourth-order valence-electron chi connectivity index (χ4n) is 2.09. The number of nitrogens with zero attached hydrogens (tertiary/aromatic N) is 1. The van der Waals surface area contributed by atoms with Crippen molar-refractivity contribution in [1.82, 2.24) is 0 Å². The summed E-state index contributed by atoms with van der Waals surface area (Å²) < 4.78 is 0. The fraction of sp³-hybridized carbons (Fsp3) is 0.333. The summed E-state index contributed by atoms with van der Waals surface area (Å²) >= 11 is 0. The summed E-state index contributed by atoms with van der Waals surface area (Å²) in [6, 6.07) is 15.2. The Kier molecular flexibility index (Phi) is 6.51. The quantitative estimate of drug-likeness (QED) is 0.390. The van der Waals surface area contributed by atoms with E-state index in [9.17, 15) is 10.1 Å². The first-order valence-corrected chi connectivity index (χ1v) is 15.0. The highest BCUT2D eigenvalue weighted by Crippen LogP contribution is 2.11. The minimum atomic E-state index is -1.42. The lowest BCUT2D eigenvalue weighted by atomic mass is 10.3. The molecule has 2 aromatic carbocycles. The molecule has 0 heterocycles. The van der Waals surface area contributed by atoms with E-state index in [1.54, 1.807) is 12.1 Å². The summed E-state index contributed by atoms with van der Waals surface area (Å²) in [5.74, 6) is 0. The summed E-state index contributed by atoms with van der Waals surface area (Å²) in [6.45, 7) is 13.5. The van der Waals surface area contributed by atoms with E-state index in [0.717, 1.165) is 10.9 Å². The maximum atomic E-state index is 10.5. The molecule has 2 N–H and O–H groups in total. The largest absolute Gasteiger partial charge is 0.399 e. The first-order valence-electron chi connectivity index (χ1n) is 8.02. The van der Waals surface area contributed by atoms with Crippen LogP contribution in [0.25, 0.3) is 0 Å². The van der Waals surface area contributed by atoms with Gasteiger partial charge in [-0.1, -0.05) is 73.9 Å². The van der Waals surface area contributed by atoms with E-state index in [2.05, 4.69) is 51.4 Å². The molecule has 0 atom stereocenters. The number of nitrogen functional groups attached to an aromatic ring is 1. The fourth-order valence-corrected chi connectivity index (χ4v) is 4.46. The lowest BCUT2D eigenvalue weighted by molar-refractivity contribution is -0.384. The number of nitro benzene ring substituents is 1. The summed E-state index contributed by atoms with van der Waals surface area (Å²) in [7, 11) is -2.56. The number of hydrogen-bond acceptors (Lipinski definition) is 3. The Morgan fingerprint density at radius 3 is 1.67 bits per heavy atom. The van der Waals surface area contributed by atoms with Gasteiger partial charge in [0, 0.05) is 17.8 Å². The maximum Gasteiger partial charge on any atom is 0.269 e. The second-order valence-corrected chi connectivity index (χ2v) is 18.1. The Bertz CT molecular complexity index is 705. The molecule has 4 nitrogen and oxygen atoms in total. The van der Waals surface area contributed by atoms with Crippen molar-refractivity contribution in [3.05, 3.63) is 58.6 Å². The Hall–Kier alpha value is -1.93. The molecule has 6 heteroatoms. The van der Waals surface area contributed by atoms with Crippen molar-refractivity contribution >= 4 is 37.9 Å². The number of anilines is 1. The van der Waals surface area contributed by atoms with Gasteiger partial charge in [0.15, 0.2) is 0 Å². The second-order valence-electron chi connectivity index (χ2n) is 7.93. The van der Waals surface area contributed by atoms with Gasteiger partial charge in [-0.2, -0.15) is 0 Å². The zero-order chi connectivity index (χ0) is 18.5. The van der Waals surface area contributed by atoms with Gasteiger partial charge in [0.2, 0.25) is 0 Å². The van der Waals surface area contributed by atoms with Gasteiger partial charge in [-0.3, -0.25) is 10.1 Å². The zero-order valence-corrected chi connectivity index (χ0v) is 17.5. The van der Waals surface area contributed by atoms with Gasteiger partial charge >= 0.3 is 0 Å². The molecule has 0 spiro atoms. The van der Waals surface area contributed by atoms with Crippen molar-refractivity contribution in [3.8, 4) is 0 Å². The molecule has 0 amide bonds. The van der Waals surface area contributed by atoms with E-state index in [-0.39, 0.29) is 10.6 Å². The van der Waals surface area contributed by atoms with Gasteiger partial charge in [-0.15, -0.1) is 0 Å². The van der Waals surface area contributed by atoms with Gasteiger partial charge in [0.05, 0.1) is 21.1 Å². The monoisotopic (exact) mass is 360 g/mol. The minimum absolute atomic E-state index is 0.194. The maximum absolute atomic E-state index is 10.5. The van der Waals surface area contributed by atoms with Crippen molar-refractivity contribution in [1.29, 1.82) is 0 Å². The lowest BCUT2D eigenvalue weighted by Crippen LogP contribution is -2.37. The number of nitrogens with two attached hydrogens (primary N) is 1. The van der Waals surface area contributed by atoms with Crippen LogP contribution in [0.4, 0.5) is 11.4 Å². The van der Waals surface area contributed by atoms with E-state index in [0.29, 0.717) is 0 Å². The Labute approximate surface area is 146 Å². The second kappa shape index (κ2) is 7.76. The molecule has 0 saturated carbocycles. The van der Waals surface area contributed by atoms with Crippen molar-refractivity contribution in [3.63, 3.8) is 0 Å². The summed E-state index contributed by atoms with van der Waals surface area (Å²) in [5, 5.41) is 13.1. The van der Waals surface area contributed by atoms with Crippen LogP contribution in [0.15, 0.2) is 48.5 Å². The Morgan fingerprint density at radius 2 is 1.29 bits per heavy atom. The smallest absolute Gasteiger partial charge is 0.269 e. The van der Waals surface area contributed by atoms with Crippen LogP contribution < -0.4 is 16.1 Å². The average Bonchev–Trinajstić information content (AvgIpc) is 2.46. The minimum Gasteiger partial charge on any atom is -0.399 e. The first kappa shape index (κ1) is 20.1. The standard InChI is InChI=1S/C9H13NO2Si.C9H15NSi/c1-13(2,3)9-6-4-5-8(7-9)10(11)12;1-11(2,3)9-6-4-5-8(10)7-9/h4-7H,1-3H3;4-7H,10H2,1-3H3. The molecule has 0 fully saturated rings. The Morgan fingerprint density at radius 1 is 0.833 bits per heavy atom. The molecule has 130 valence electrons. The molecule has 0 radical (unpaired) electrons. The number of hydrogen-bond donors (Lipinski definition) is 1. The highest BCUT2D eigenvalue weighted by Gasteiger charge is 2.18. The van der Waals surface area contributed by atoms with Crippen molar-refractivity contribution < 1.29 is 4.92 Å². The third kappa shape index (κ3) is 6.29. The van der Waals surface area contributed by atoms with Gasteiger partial charge < -0.3 is 5.73 Å². The molecule has 0 aliphatic rings. The SMILES string of the molecule is C[Si](C)(C)c1cccc(N)c1.C[Si](C)(C)c1cccc([N+](=O)[O-])c1. The van der Waals surface area contributed by atoms with E-state index in [1.807, 2.05) is 18.2 Å². The molecule has 2 aromatic rings. The van der Waals surface area contributed by atoms with Crippen LogP contribution in [0.2, 0.25) is 39.3 Å². The predicted octanol–water partition coefficient (Wildman–Crippen LogP) is 3.95. The molecule has 2 rings (SSSR count). The van der Waals surface area contributed by atoms with Crippen molar-refractivity contribution in [2.75, 3.05) is 5.73 Å².